The summed E-state index contributed by atoms with van der Waals surface area (Å²) in [5, 5.41) is 11.8. The molecule has 1 unspecified atom stereocenters. The summed E-state index contributed by atoms with van der Waals surface area (Å²) in [6, 6.07) is 7.48. The molecule has 2 heterocycles. The second kappa shape index (κ2) is 7.00. The van der Waals surface area contributed by atoms with Crippen molar-refractivity contribution in [3.05, 3.63) is 35.3 Å². The van der Waals surface area contributed by atoms with E-state index >= 15 is 0 Å². The highest BCUT2D eigenvalue weighted by Crippen LogP contribution is 2.26. The van der Waals surface area contributed by atoms with Crippen LogP contribution in [0.4, 0.5) is 5.69 Å². The van der Waals surface area contributed by atoms with E-state index in [0.29, 0.717) is 30.9 Å². The fourth-order valence-electron chi connectivity index (χ4n) is 2.86. The fraction of sp³-hybridized carbons (Fsp3) is 0.353. The molecule has 0 saturated carbocycles. The van der Waals surface area contributed by atoms with Gasteiger partial charge in [0.25, 0.3) is 0 Å². The van der Waals surface area contributed by atoms with Crippen molar-refractivity contribution in [2.45, 2.75) is 19.3 Å². The minimum atomic E-state index is -0.829. The molecule has 1 aromatic carbocycles. The monoisotopic (exact) mass is 345 g/mol. The molecule has 0 aliphatic carbocycles. The molecule has 1 fully saturated rings. The van der Waals surface area contributed by atoms with Gasteiger partial charge in [-0.1, -0.05) is 12.1 Å². The van der Waals surface area contributed by atoms with Crippen molar-refractivity contribution in [3.63, 3.8) is 0 Å². The van der Waals surface area contributed by atoms with Gasteiger partial charge in [-0.2, -0.15) is 0 Å². The van der Waals surface area contributed by atoms with E-state index in [0.717, 1.165) is 17.0 Å². The van der Waals surface area contributed by atoms with Gasteiger partial charge in [-0.05, 0) is 25.0 Å². The number of carboxylic acids is 1. The van der Waals surface area contributed by atoms with Gasteiger partial charge in [0.15, 0.2) is 0 Å². The Morgan fingerprint density at radius 2 is 2.25 bits per heavy atom. The number of hydrogen-bond acceptors (Lipinski definition) is 5. The van der Waals surface area contributed by atoms with Crippen LogP contribution in [0, 0.1) is 5.92 Å². The second-order valence-electron chi connectivity index (χ2n) is 5.96. The van der Waals surface area contributed by atoms with E-state index in [9.17, 15) is 9.59 Å². The molecule has 1 saturated heterocycles. The first-order valence-electron chi connectivity index (χ1n) is 7.84. The predicted molar refractivity (Wildman–Crippen MR) is 92.6 cm³/mol. The molecule has 1 aliphatic rings. The normalized spacial score (nSPS) is 17.7. The van der Waals surface area contributed by atoms with Gasteiger partial charge in [0, 0.05) is 29.7 Å². The van der Waals surface area contributed by atoms with Crippen LogP contribution < -0.4 is 5.73 Å². The van der Waals surface area contributed by atoms with E-state index in [1.54, 1.807) is 4.90 Å². The topological polar surface area (TPSA) is 96.5 Å². The lowest BCUT2D eigenvalue weighted by Crippen LogP contribution is -2.43. The molecule has 1 atom stereocenters. The molecule has 1 aromatic heterocycles. The quantitative estimate of drug-likeness (QED) is 0.829. The van der Waals surface area contributed by atoms with E-state index in [2.05, 4.69) is 4.98 Å². The summed E-state index contributed by atoms with van der Waals surface area (Å²) >= 11 is 1.47. The van der Waals surface area contributed by atoms with Crippen LogP contribution in [0.3, 0.4) is 0 Å². The van der Waals surface area contributed by atoms with Crippen LogP contribution in [-0.2, 0) is 16.0 Å². The smallest absolute Gasteiger partial charge is 0.308 e. The summed E-state index contributed by atoms with van der Waals surface area (Å²) in [6.07, 6.45) is 1.56. The van der Waals surface area contributed by atoms with E-state index in [-0.39, 0.29) is 12.3 Å². The number of nitrogens with zero attached hydrogens (tertiary/aromatic N) is 2. The second-order valence-corrected chi connectivity index (χ2v) is 6.82. The van der Waals surface area contributed by atoms with Crippen molar-refractivity contribution >= 4 is 28.9 Å². The summed E-state index contributed by atoms with van der Waals surface area (Å²) in [5.74, 6) is -1.35. The number of benzene rings is 1. The van der Waals surface area contributed by atoms with Gasteiger partial charge < -0.3 is 15.7 Å². The number of aromatic nitrogens is 1. The van der Waals surface area contributed by atoms with Gasteiger partial charge in [0.05, 0.1) is 18.0 Å². The number of thiazole rings is 1. The zero-order valence-corrected chi connectivity index (χ0v) is 14.0. The Labute approximate surface area is 143 Å². The number of carbonyl (C=O) groups excluding carboxylic acids is 1. The average molecular weight is 345 g/mol. The zero-order chi connectivity index (χ0) is 17.1. The lowest BCUT2D eigenvalue weighted by Gasteiger charge is -2.30. The van der Waals surface area contributed by atoms with Crippen LogP contribution in [0.2, 0.25) is 0 Å². The van der Waals surface area contributed by atoms with Crippen molar-refractivity contribution in [2.24, 2.45) is 5.92 Å². The number of carbonyl (C=O) groups is 2. The fourth-order valence-corrected chi connectivity index (χ4v) is 3.68. The molecule has 3 N–H and O–H groups in total. The van der Waals surface area contributed by atoms with E-state index in [4.69, 9.17) is 10.8 Å². The number of hydrogen-bond donors (Lipinski definition) is 2. The Hall–Kier alpha value is -2.41. The molecule has 0 radical (unpaired) electrons. The lowest BCUT2D eigenvalue weighted by molar-refractivity contribution is -0.145. The third-order valence-electron chi connectivity index (χ3n) is 4.14. The van der Waals surface area contributed by atoms with Crippen LogP contribution in [0.15, 0.2) is 29.6 Å². The minimum Gasteiger partial charge on any atom is -0.481 e. The van der Waals surface area contributed by atoms with Crippen LogP contribution >= 0.6 is 11.3 Å². The highest BCUT2D eigenvalue weighted by Gasteiger charge is 2.28. The lowest BCUT2D eigenvalue weighted by atomic mass is 9.98. The Bertz CT molecular complexity index is 759. The van der Waals surface area contributed by atoms with Crippen molar-refractivity contribution in [1.82, 2.24) is 9.88 Å². The molecule has 24 heavy (non-hydrogen) atoms. The number of amides is 1. The SMILES string of the molecule is Nc1cccc(-c2nc(CC(=O)N3CCCC(C(=O)O)C3)cs2)c1. The van der Waals surface area contributed by atoms with Gasteiger partial charge in [-0.25, -0.2) is 4.98 Å². The molecule has 1 amide bonds. The zero-order valence-electron chi connectivity index (χ0n) is 13.1. The maximum Gasteiger partial charge on any atom is 0.308 e. The average Bonchev–Trinajstić information content (AvgIpc) is 3.03. The Morgan fingerprint density at radius 1 is 1.42 bits per heavy atom. The predicted octanol–water partition coefficient (Wildman–Crippen LogP) is 2.26. The van der Waals surface area contributed by atoms with Crippen LogP contribution in [-0.4, -0.2) is 40.0 Å². The van der Waals surface area contributed by atoms with Crippen LogP contribution in [0.5, 0.6) is 0 Å². The van der Waals surface area contributed by atoms with E-state index < -0.39 is 11.9 Å². The highest BCUT2D eigenvalue weighted by molar-refractivity contribution is 7.13. The summed E-state index contributed by atoms with van der Waals surface area (Å²) in [6.45, 7) is 0.912. The minimum absolute atomic E-state index is 0.0645. The van der Waals surface area contributed by atoms with Crippen LogP contribution in [0.25, 0.3) is 10.6 Å². The van der Waals surface area contributed by atoms with Crippen molar-refractivity contribution < 1.29 is 14.7 Å². The number of anilines is 1. The molecule has 1 aliphatic heterocycles. The first kappa shape index (κ1) is 16.4. The number of nitrogens with two attached hydrogens (primary N) is 1. The summed E-state index contributed by atoms with van der Waals surface area (Å²) in [7, 11) is 0. The summed E-state index contributed by atoms with van der Waals surface area (Å²) in [5.41, 5.74) is 8.10. The molecule has 7 heteroatoms. The molecular formula is C17H19N3O3S. The molecular weight excluding hydrogens is 326 g/mol. The molecule has 3 rings (SSSR count). The number of aliphatic carboxylic acids is 1. The first-order valence-corrected chi connectivity index (χ1v) is 8.72. The van der Waals surface area contributed by atoms with Crippen molar-refractivity contribution in [2.75, 3.05) is 18.8 Å². The number of nitrogen functional groups attached to an aromatic ring is 1. The van der Waals surface area contributed by atoms with Gasteiger partial charge >= 0.3 is 5.97 Å². The molecule has 126 valence electrons. The maximum absolute atomic E-state index is 12.4. The largest absolute Gasteiger partial charge is 0.481 e. The number of carboxylic acid groups (broad SMARTS) is 1. The van der Waals surface area contributed by atoms with Gasteiger partial charge in [-0.15, -0.1) is 11.3 Å². The highest BCUT2D eigenvalue weighted by atomic mass is 32.1. The number of likely N-dealkylation sites (tertiary alicyclic amines) is 1. The molecule has 0 bridgehead atoms. The Morgan fingerprint density at radius 3 is 3.00 bits per heavy atom. The number of rotatable bonds is 4. The number of piperidine rings is 1. The summed E-state index contributed by atoms with van der Waals surface area (Å²) < 4.78 is 0. The Balaban J connectivity index is 1.66. The standard InChI is InChI=1S/C17H19N3O3S/c18-13-5-1-3-11(7-13)16-19-14(10-24-16)8-15(21)20-6-2-4-12(9-20)17(22)23/h1,3,5,7,10,12H,2,4,6,8-9,18H2,(H,22,23). The van der Waals surface area contributed by atoms with E-state index in [1.807, 2.05) is 29.6 Å². The van der Waals surface area contributed by atoms with E-state index in [1.165, 1.54) is 11.3 Å². The van der Waals surface area contributed by atoms with Gasteiger partial charge in [0.1, 0.15) is 5.01 Å². The third-order valence-corrected chi connectivity index (χ3v) is 5.08. The van der Waals surface area contributed by atoms with Crippen molar-refractivity contribution in [1.29, 1.82) is 0 Å². The van der Waals surface area contributed by atoms with Gasteiger partial charge in [-0.3, -0.25) is 9.59 Å². The van der Waals surface area contributed by atoms with Crippen LogP contribution in [0.1, 0.15) is 18.5 Å². The molecule has 2 aromatic rings. The molecule has 6 nitrogen and oxygen atoms in total. The van der Waals surface area contributed by atoms with Gasteiger partial charge in [0.2, 0.25) is 5.91 Å². The van der Waals surface area contributed by atoms with Crippen molar-refractivity contribution in [3.8, 4) is 10.6 Å². The molecule has 0 spiro atoms. The Kier molecular flexibility index (Phi) is 4.80. The summed E-state index contributed by atoms with van der Waals surface area (Å²) in [4.78, 5) is 29.7. The third kappa shape index (κ3) is 3.73. The maximum atomic E-state index is 12.4. The first-order chi connectivity index (χ1) is 11.5.